The number of hydrogen-bond donors (Lipinski definition) is 4. The van der Waals surface area contributed by atoms with E-state index in [4.69, 9.17) is 0 Å². The minimum absolute atomic E-state index is 0.0639. The highest BCUT2D eigenvalue weighted by Gasteiger charge is 2.60. The van der Waals surface area contributed by atoms with Gasteiger partial charge in [-0.15, -0.1) is 11.8 Å². The number of guanidine groups is 1. The molecule has 0 spiro atoms. The number of nitrogens with one attached hydrogen (secondary N) is 2. The Balaban J connectivity index is 1.46. The predicted molar refractivity (Wildman–Crippen MR) is 109 cm³/mol. The van der Waals surface area contributed by atoms with Crippen LogP contribution in [0, 0.1) is 11.8 Å². The number of rotatable bonds is 4. The van der Waals surface area contributed by atoms with Crippen LogP contribution >= 0.6 is 23.5 Å². The Bertz CT molecular complexity index is 796. The smallest absolute Gasteiger partial charge is 0.353 e. The van der Waals surface area contributed by atoms with Crippen LogP contribution in [0.4, 0.5) is 0 Å². The molecule has 0 radical (unpaired) electrons. The first kappa shape index (κ1) is 19.6. The molecule has 4 heterocycles. The molecule has 0 saturated carbocycles. The molecule has 28 heavy (non-hydrogen) atoms. The number of aliphatic carboxylic acids is 1. The minimum Gasteiger partial charge on any atom is -0.477 e. The lowest BCUT2D eigenvalue weighted by Gasteiger charge is -2.46. The first-order valence-corrected chi connectivity index (χ1v) is 11.1. The molecule has 5 atom stereocenters. The SMILES string of the molecule is CC1C(SC2CN=C(NC3=NCCS3)NC2)=C(C(=O)O)N2C(=O)[C@H]([C@@H](C)O)C12. The van der Waals surface area contributed by atoms with Crippen molar-refractivity contribution in [2.45, 2.75) is 31.2 Å². The number of carbonyl (C=O) groups is 2. The maximum Gasteiger partial charge on any atom is 0.353 e. The molecule has 0 bridgehead atoms. The normalized spacial score (nSPS) is 33.0. The van der Waals surface area contributed by atoms with Gasteiger partial charge in [-0.05, 0) is 6.92 Å². The number of thioether (sulfide) groups is 2. The summed E-state index contributed by atoms with van der Waals surface area (Å²) >= 11 is 3.13. The van der Waals surface area contributed by atoms with E-state index >= 15 is 0 Å². The molecule has 3 unspecified atom stereocenters. The fourth-order valence-electron chi connectivity index (χ4n) is 4.06. The van der Waals surface area contributed by atoms with Crippen LogP contribution in [0.1, 0.15) is 13.8 Å². The number of aliphatic hydroxyl groups excluding tert-OH is 1. The summed E-state index contributed by atoms with van der Waals surface area (Å²) in [5, 5.41) is 27.0. The van der Waals surface area contributed by atoms with Gasteiger partial charge < -0.3 is 25.7 Å². The van der Waals surface area contributed by atoms with Gasteiger partial charge in [0, 0.05) is 28.4 Å². The highest BCUT2D eigenvalue weighted by molar-refractivity contribution is 8.14. The molecule has 0 aromatic rings. The van der Waals surface area contributed by atoms with Gasteiger partial charge in [0.05, 0.1) is 31.2 Å². The first-order chi connectivity index (χ1) is 13.4. The molecule has 0 aromatic carbocycles. The summed E-state index contributed by atoms with van der Waals surface area (Å²) in [6.45, 7) is 5.50. The van der Waals surface area contributed by atoms with E-state index in [1.807, 2.05) is 6.92 Å². The molecule has 0 aromatic heterocycles. The van der Waals surface area contributed by atoms with Crippen molar-refractivity contribution < 1.29 is 19.8 Å². The second kappa shape index (κ2) is 7.60. The third-order valence-electron chi connectivity index (χ3n) is 5.37. The lowest BCUT2D eigenvalue weighted by molar-refractivity contribution is -0.163. The number of carboxylic acids is 1. The summed E-state index contributed by atoms with van der Waals surface area (Å²) in [5.74, 6) is -0.403. The zero-order valence-electron chi connectivity index (χ0n) is 15.6. The van der Waals surface area contributed by atoms with E-state index in [0.29, 0.717) is 24.0 Å². The quantitative estimate of drug-likeness (QED) is 0.460. The third kappa shape index (κ3) is 3.29. The predicted octanol–water partition coefficient (Wildman–Crippen LogP) is -0.106. The summed E-state index contributed by atoms with van der Waals surface area (Å²) in [6, 6.07) is -0.282. The molecule has 1 fully saturated rings. The Morgan fingerprint density at radius 3 is 2.82 bits per heavy atom. The highest BCUT2D eigenvalue weighted by Crippen LogP contribution is 2.51. The maximum atomic E-state index is 12.4. The number of hydrogen-bond acceptors (Lipinski definition) is 9. The largest absolute Gasteiger partial charge is 0.477 e. The molecular weight excluding hydrogens is 402 g/mol. The van der Waals surface area contributed by atoms with E-state index in [1.54, 1.807) is 18.7 Å². The van der Waals surface area contributed by atoms with E-state index in [-0.39, 0.29) is 28.8 Å². The second-order valence-electron chi connectivity index (χ2n) is 7.24. The van der Waals surface area contributed by atoms with Crippen molar-refractivity contribution in [1.29, 1.82) is 0 Å². The van der Waals surface area contributed by atoms with Gasteiger partial charge in [-0.1, -0.05) is 18.7 Å². The van der Waals surface area contributed by atoms with E-state index in [1.165, 1.54) is 16.7 Å². The molecule has 4 aliphatic heterocycles. The summed E-state index contributed by atoms with van der Waals surface area (Å²) in [6.07, 6.45) is -0.790. The van der Waals surface area contributed by atoms with Crippen molar-refractivity contribution in [3.05, 3.63) is 10.6 Å². The Kier molecular flexibility index (Phi) is 5.32. The molecule has 0 aliphatic carbocycles. The number of carbonyl (C=O) groups excluding carboxylic acids is 1. The van der Waals surface area contributed by atoms with Gasteiger partial charge in [0.2, 0.25) is 5.91 Å². The molecule has 9 nitrogen and oxygen atoms in total. The third-order valence-corrected chi connectivity index (χ3v) is 7.73. The van der Waals surface area contributed by atoms with Crippen molar-refractivity contribution in [3.63, 3.8) is 0 Å². The Morgan fingerprint density at radius 1 is 1.46 bits per heavy atom. The van der Waals surface area contributed by atoms with Crippen LogP contribution in [-0.4, -0.2) is 80.9 Å². The van der Waals surface area contributed by atoms with Crippen LogP contribution in [0.25, 0.3) is 0 Å². The fraction of sp³-hybridized carbons (Fsp3) is 0.647. The van der Waals surface area contributed by atoms with Gasteiger partial charge in [-0.3, -0.25) is 14.8 Å². The van der Waals surface area contributed by atoms with Gasteiger partial charge in [-0.2, -0.15) is 0 Å². The van der Waals surface area contributed by atoms with Gasteiger partial charge in [0.1, 0.15) is 5.70 Å². The maximum absolute atomic E-state index is 12.4. The number of fused-ring (bicyclic) bond motifs is 1. The molecular formula is C17H23N5O4S2. The number of nitrogens with zero attached hydrogens (tertiary/aromatic N) is 3. The number of amidine groups is 1. The molecule has 4 aliphatic rings. The first-order valence-electron chi connectivity index (χ1n) is 9.26. The standard InChI is InChI=1S/C17H23N5O4S2/c1-7-11-10(8(2)23)14(24)22(11)12(15(25)26)13(7)28-9-5-19-16(20-6-9)21-17-18-3-4-27-17/h7-11,23H,3-6H2,1-2H3,(H,25,26)(H2,18,19,20,21)/t7?,8-,10-,11?/m1/s1. The van der Waals surface area contributed by atoms with Crippen LogP contribution in [0.15, 0.2) is 20.6 Å². The molecule has 152 valence electrons. The van der Waals surface area contributed by atoms with E-state index < -0.39 is 18.0 Å². The van der Waals surface area contributed by atoms with Crippen molar-refractivity contribution in [1.82, 2.24) is 15.5 Å². The Labute approximate surface area is 171 Å². The number of aliphatic hydroxyl groups is 1. The number of amides is 1. The lowest BCUT2D eigenvalue weighted by atomic mass is 9.79. The summed E-state index contributed by atoms with van der Waals surface area (Å²) in [5.41, 5.74) is 0.0639. The van der Waals surface area contributed by atoms with Crippen LogP contribution in [0.3, 0.4) is 0 Å². The lowest BCUT2D eigenvalue weighted by Crippen LogP contribution is -2.63. The van der Waals surface area contributed by atoms with Crippen LogP contribution in [-0.2, 0) is 9.59 Å². The van der Waals surface area contributed by atoms with Gasteiger partial charge in [0.15, 0.2) is 11.1 Å². The number of carboxylic acid groups (broad SMARTS) is 1. The molecule has 1 saturated heterocycles. The van der Waals surface area contributed by atoms with Crippen LogP contribution < -0.4 is 10.6 Å². The van der Waals surface area contributed by atoms with Crippen LogP contribution in [0.2, 0.25) is 0 Å². The second-order valence-corrected chi connectivity index (χ2v) is 9.67. The number of aliphatic imine (C=N–C) groups is 2. The van der Waals surface area contributed by atoms with Crippen molar-refractivity contribution >= 4 is 46.5 Å². The summed E-state index contributed by atoms with van der Waals surface area (Å²) in [4.78, 5) is 35.2. The summed E-state index contributed by atoms with van der Waals surface area (Å²) in [7, 11) is 0. The van der Waals surface area contributed by atoms with Gasteiger partial charge >= 0.3 is 5.97 Å². The topological polar surface area (TPSA) is 127 Å². The summed E-state index contributed by atoms with van der Waals surface area (Å²) < 4.78 is 0. The Hall–Kier alpha value is -1.72. The molecule has 4 N–H and O–H groups in total. The Morgan fingerprint density at radius 2 is 2.25 bits per heavy atom. The number of β-lactam (4-membered cyclic amide) rings is 1. The van der Waals surface area contributed by atoms with Crippen LogP contribution in [0.5, 0.6) is 0 Å². The minimum atomic E-state index is -1.10. The zero-order chi connectivity index (χ0) is 20.0. The van der Waals surface area contributed by atoms with E-state index in [9.17, 15) is 19.8 Å². The fourth-order valence-corrected chi connectivity index (χ4v) is 6.11. The van der Waals surface area contributed by atoms with Crippen molar-refractivity contribution in [2.75, 3.05) is 25.4 Å². The highest BCUT2D eigenvalue weighted by atomic mass is 32.2. The molecule has 11 heteroatoms. The molecule has 1 amide bonds. The van der Waals surface area contributed by atoms with E-state index in [2.05, 4.69) is 20.6 Å². The van der Waals surface area contributed by atoms with Gasteiger partial charge in [-0.25, -0.2) is 4.79 Å². The van der Waals surface area contributed by atoms with E-state index in [0.717, 1.165) is 17.5 Å². The molecule has 4 rings (SSSR count). The zero-order valence-corrected chi connectivity index (χ0v) is 17.2. The van der Waals surface area contributed by atoms with Crippen molar-refractivity contribution in [3.8, 4) is 0 Å². The van der Waals surface area contributed by atoms with Gasteiger partial charge in [0.25, 0.3) is 0 Å². The monoisotopic (exact) mass is 425 g/mol. The average Bonchev–Trinajstić information content (AvgIpc) is 3.22. The van der Waals surface area contributed by atoms with Crippen molar-refractivity contribution in [2.24, 2.45) is 21.8 Å². The average molecular weight is 426 g/mol.